The van der Waals surface area contributed by atoms with Crippen molar-refractivity contribution in [2.45, 2.75) is 6.92 Å². The highest BCUT2D eigenvalue weighted by Crippen LogP contribution is 2.24. The number of nitrogens with zero attached hydrogens (tertiary/aromatic N) is 1. The molecular formula is C19H18N4O2S. The lowest BCUT2D eigenvalue weighted by molar-refractivity contribution is 0.102. The SMILES string of the molecule is CNc1ccc(C(=O)Nc2nc(C)c(C(=O)Nc3ccccc3)s2)cc1. The Hall–Kier alpha value is -3.19. The van der Waals surface area contributed by atoms with E-state index in [-0.39, 0.29) is 11.8 Å². The lowest BCUT2D eigenvalue weighted by atomic mass is 10.2. The van der Waals surface area contributed by atoms with E-state index in [0.717, 1.165) is 17.0 Å². The minimum atomic E-state index is -0.267. The predicted molar refractivity (Wildman–Crippen MR) is 105 cm³/mol. The number of hydrogen-bond donors (Lipinski definition) is 3. The maximum Gasteiger partial charge on any atom is 0.267 e. The number of para-hydroxylation sites is 1. The first-order chi connectivity index (χ1) is 12.6. The molecule has 0 unspecified atom stereocenters. The molecule has 3 aromatic rings. The number of thiazole rings is 1. The van der Waals surface area contributed by atoms with Crippen molar-refractivity contribution in [3.8, 4) is 0 Å². The average Bonchev–Trinajstić information content (AvgIpc) is 3.03. The standard InChI is InChI=1S/C19H18N4O2S/c1-12-16(18(25)22-15-6-4-3-5-7-15)26-19(21-12)23-17(24)13-8-10-14(20-2)11-9-13/h3-11,20H,1-2H3,(H,22,25)(H,21,23,24). The number of benzene rings is 2. The second-order valence-electron chi connectivity index (χ2n) is 5.54. The summed E-state index contributed by atoms with van der Waals surface area (Å²) in [4.78, 5) is 29.5. The van der Waals surface area contributed by atoms with Gasteiger partial charge in [-0.15, -0.1) is 0 Å². The van der Waals surface area contributed by atoms with Gasteiger partial charge in [0.15, 0.2) is 5.13 Å². The fraction of sp³-hybridized carbons (Fsp3) is 0.105. The van der Waals surface area contributed by atoms with E-state index in [1.54, 1.807) is 19.1 Å². The summed E-state index contributed by atoms with van der Waals surface area (Å²) in [6.07, 6.45) is 0. The molecule has 1 heterocycles. The van der Waals surface area contributed by atoms with Crippen LogP contribution in [0.3, 0.4) is 0 Å². The summed E-state index contributed by atoms with van der Waals surface area (Å²) < 4.78 is 0. The molecule has 0 fully saturated rings. The molecule has 132 valence electrons. The molecule has 0 radical (unpaired) electrons. The van der Waals surface area contributed by atoms with E-state index in [2.05, 4.69) is 20.9 Å². The summed E-state index contributed by atoms with van der Waals surface area (Å²) in [5.74, 6) is -0.513. The molecule has 3 rings (SSSR count). The Kier molecular flexibility index (Phi) is 5.28. The summed E-state index contributed by atoms with van der Waals surface area (Å²) in [5.41, 5.74) is 2.73. The van der Waals surface area contributed by atoms with Gasteiger partial charge in [0, 0.05) is 24.0 Å². The van der Waals surface area contributed by atoms with Gasteiger partial charge in [0.1, 0.15) is 4.88 Å². The molecule has 0 aliphatic heterocycles. The molecule has 7 heteroatoms. The van der Waals surface area contributed by atoms with Gasteiger partial charge in [-0.3, -0.25) is 14.9 Å². The van der Waals surface area contributed by atoms with Crippen LogP contribution in [0, 0.1) is 6.92 Å². The number of rotatable bonds is 5. The van der Waals surface area contributed by atoms with E-state index >= 15 is 0 Å². The van der Waals surface area contributed by atoms with Crippen molar-refractivity contribution in [3.63, 3.8) is 0 Å². The van der Waals surface area contributed by atoms with Gasteiger partial charge < -0.3 is 10.6 Å². The van der Waals surface area contributed by atoms with Crippen LogP contribution in [-0.2, 0) is 0 Å². The second kappa shape index (κ2) is 7.79. The van der Waals surface area contributed by atoms with Crippen LogP contribution in [0.25, 0.3) is 0 Å². The number of hydrogen-bond acceptors (Lipinski definition) is 5. The van der Waals surface area contributed by atoms with Crippen LogP contribution in [0.2, 0.25) is 0 Å². The first kappa shape index (κ1) is 17.6. The van der Waals surface area contributed by atoms with Crippen LogP contribution < -0.4 is 16.0 Å². The lowest BCUT2D eigenvalue weighted by Crippen LogP contribution is -2.11. The Morgan fingerprint density at radius 2 is 1.58 bits per heavy atom. The molecule has 2 aromatic carbocycles. The van der Waals surface area contributed by atoms with E-state index in [1.807, 2.05) is 49.5 Å². The number of aryl methyl sites for hydroxylation is 1. The molecule has 0 aliphatic rings. The Morgan fingerprint density at radius 1 is 0.885 bits per heavy atom. The molecule has 3 N–H and O–H groups in total. The van der Waals surface area contributed by atoms with Crippen LogP contribution in [0.5, 0.6) is 0 Å². The summed E-state index contributed by atoms with van der Waals surface area (Å²) in [6.45, 7) is 1.74. The quantitative estimate of drug-likeness (QED) is 0.637. The van der Waals surface area contributed by atoms with Crippen molar-refractivity contribution < 1.29 is 9.59 Å². The maximum absolute atomic E-state index is 12.4. The van der Waals surface area contributed by atoms with E-state index in [1.165, 1.54) is 0 Å². The van der Waals surface area contributed by atoms with Crippen molar-refractivity contribution in [3.05, 3.63) is 70.7 Å². The first-order valence-electron chi connectivity index (χ1n) is 8.00. The van der Waals surface area contributed by atoms with Crippen LogP contribution in [-0.4, -0.2) is 23.8 Å². The van der Waals surface area contributed by atoms with Gasteiger partial charge in [-0.2, -0.15) is 0 Å². The second-order valence-corrected chi connectivity index (χ2v) is 6.53. The zero-order valence-electron chi connectivity index (χ0n) is 14.4. The Balaban J connectivity index is 1.71. The summed E-state index contributed by atoms with van der Waals surface area (Å²) >= 11 is 1.15. The highest BCUT2D eigenvalue weighted by molar-refractivity contribution is 7.17. The average molecular weight is 366 g/mol. The highest BCUT2D eigenvalue weighted by atomic mass is 32.1. The van der Waals surface area contributed by atoms with E-state index in [4.69, 9.17) is 0 Å². The smallest absolute Gasteiger partial charge is 0.267 e. The van der Waals surface area contributed by atoms with Gasteiger partial charge in [0.05, 0.1) is 5.69 Å². The summed E-state index contributed by atoms with van der Waals surface area (Å²) in [6, 6.07) is 16.3. The Morgan fingerprint density at radius 3 is 2.23 bits per heavy atom. The highest BCUT2D eigenvalue weighted by Gasteiger charge is 2.17. The summed E-state index contributed by atoms with van der Waals surface area (Å²) in [5, 5.41) is 8.96. The maximum atomic E-state index is 12.4. The number of carbonyl (C=O) groups excluding carboxylic acids is 2. The topological polar surface area (TPSA) is 83.1 Å². The van der Waals surface area contributed by atoms with Crippen molar-refractivity contribution in [1.29, 1.82) is 0 Å². The zero-order valence-corrected chi connectivity index (χ0v) is 15.2. The number of carbonyl (C=O) groups is 2. The Labute approximate surface area is 155 Å². The van der Waals surface area contributed by atoms with E-state index in [0.29, 0.717) is 27.0 Å². The minimum absolute atomic E-state index is 0.245. The number of nitrogens with one attached hydrogen (secondary N) is 3. The van der Waals surface area contributed by atoms with Crippen LogP contribution >= 0.6 is 11.3 Å². The molecule has 1 aromatic heterocycles. The van der Waals surface area contributed by atoms with E-state index < -0.39 is 0 Å². The Bertz CT molecular complexity index is 920. The van der Waals surface area contributed by atoms with Crippen molar-refractivity contribution in [2.75, 3.05) is 23.0 Å². The van der Waals surface area contributed by atoms with Gasteiger partial charge in [-0.1, -0.05) is 29.5 Å². The largest absolute Gasteiger partial charge is 0.388 e. The lowest BCUT2D eigenvalue weighted by Gasteiger charge is -2.04. The van der Waals surface area contributed by atoms with E-state index in [9.17, 15) is 9.59 Å². The van der Waals surface area contributed by atoms with Crippen LogP contribution in [0.15, 0.2) is 54.6 Å². The molecule has 0 saturated carbocycles. The van der Waals surface area contributed by atoms with Gasteiger partial charge in [0.25, 0.3) is 11.8 Å². The molecule has 0 spiro atoms. The molecule has 0 aliphatic carbocycles. The third-order valence-electron chi connectivity index (χ3n) is 3.69. The normalized spacial score (nSPS) is 10.2. The fourth-order valence-electron chi connectivity index (χ4n) is 2.33. The zero-order chi connectivity index (χ0) is 18.5. The van der Waals surface area contributed by atoms with Gasteiger partial charge in [-0.05, 0) is 43.3 Å². The number of aromatic nitrogens is 1. The van der Waals surface area contributed by atoms with Crippen molar-refractivity contribution >= 4 is 39.7 Å². The van der Waals surface area contributed by atoms with Crippen LogP contribution in [0.1, 0.15) is 25.7 Å². The predicted octanol–water partition coefficient (Wildman–Crippen LogP) is 4.00. The van der Waals surface area contributed by atoms with Gasteiger partial charge >= 0.3 is 0 Å². The fourth-order valence-corrected chi connectivity index (χ4v) is 3.18. The molecule has 26 heavy (non-hydrogen) atoms. The first-order valence-corrected chi connectivity index (χ1v) is 8.81. The molecule has 0 bridgehead atoms. The van der Waals surface area contributed by atoms with Crippen LogP contribution in [0.4, 0.5) is 16.5 Å². The number of anilines is 3. The molecule has 0 atom stereocenters. The third kappa shape index (κ3) is 4.07. The minimum Gasteiger partial charge on any atom is -0.388 e. The van der Waals surface area contributed by atoms with Gasteiger partial charge in [-0.25, -0.2) is 4.98 Å². The number of amides is 2. The molecule has 0 saturated heterocycles. The van der Waals surface area contributed by atoms with Crippen molar-refractivity contribution in [1.82, 2.24) is 4.98 Å². The molecule has 6 nitrogen and oxygen atoms in total. The van der Waals surface area contributed by atoms with Crippen molar-refractivity contribution in [2.24, 2.45) is 0 Å². The molecular weight excluding hydrogens is 348 g/mol. The van der Waals surface area contributed by atoms with Gasteiger partial charge in [0.2, 0.25) is 0 Å². The molecule has 2 amide bonds. The summed E-state index contributed by atoms with van der Waals surface area (Å²) in [7, 11) is 1.81. The monoisotopic (exact) mass is 366 g/mol. The third-order valence-corrected chi connectivity index (χ3v) is 4.76.